The highest BCUT2D eigenvalue weighted by Gasteiger charge is 2.28. The normalized spacial score (nSPS) is 21.9. The molecule has 10 heteroatoms. The molecule has 3 aliphatic rings. The fraction of sp³-hybridized carbons (Fsp3) is 0.722. The van der Waals surface area contributed by atoms with Crippen molar-refractivity contribution in [1.29, 1.82) is 0 Å². The van der Waals surface area contributed by atoms with Crippen molar-refractivity contribution < 1.29 is 23.9 Å². The summed E-state index contributed by atoms with van der Waals surface area (Å²) >= 11 is 0. The molecule has 0 atom stereocenters. The number of rotatable bonds is 6. The average molecular weight is 395 g/mol. The maximum atomic E-state index is 12.5. The lowest BCUT2D eigenvalue weighted by molar-refractivity contribution is -0.138. The molecule has 0 aromatic carbocycles. The van der Waals surface area contributed by atoms with Gasteiger partial charge in [-0.3, -0.25) is 14.6 Å². The minimum Gasteiger partial charge on any atom is -0.463 e. The lowest BCUT2D eigenvalue weighted by atomic mass is 10.1. The molecule has 3 amide bonds. The minimum atomic E-state index is -0.413. The van der Waals surface area contributed by atoms with E-state index in [1.165, 1.54) is 0 Å². The van der Waals surface area contributed by atoms with Gasteiger partial charge in [-0.25, -0.2) is 9.59 Å². The van der Waals surface area contributed by atoms with E-state index in [1.54, 1.807) is 6.92 Å². The number of carbonyl (C=O) groups excluding carboxylic acids is 3. The van der Waals surface area contributed by atoms with Crippen molar-refractivity contribution in [3.05, 3.63) is 11.3 Å². The molecule has 2 N–H and O–H groups in total. The fourth-order valence-corrected chi connectivity index (χ4v) is 3.51. The number of piperazine rings is 1. The molecule has 28 heavy (non-hydrogen) atoms. The Labute approximate surface area is 164 Å². The van der Waals surface area contributed by atoms with E-state index in [-0.39, 0.29) is 25.1 Å². The van der Waals surface area contributed by atoms with Crippen LogP contribution in [0.3, 0.4) is 0 Å². The van der Waals surface area contributed by atoms with Crippen LogP contribution in [-0.4, -0.2) is 111 Å². The Bertz CT molecular complexity index is 624. The summed E-state index contributed by atoms with van der Waals surface area (Å²) in [5, 5.41) is 5.33. The Morgan fingerprint density at radius 2 is 1.79 bits per heavy atom. The number of hydrogen-bond acceptors (Lipinski definition) is 7. The van der Waals surface area contributed by atoms with Crippen molar-refractivity contribution in [3.63, 3.8) is 0 Å². The predicted molar refractivity (Wildman–Crippen MR) is 100 cm³/mol. The summed E-state index contributed by atoms with van der Waals surface area (Å²) in [5.41, 5.74) is 1.03. The molecule has 0 spiro atoms. The van der Waals surface area contributed by atoms with Crippen molar-refractivity contribution in [2.24, 2.45) is 0 Å². The van der Waals surface area contributed by atoms with Gasteiger partial charge in [-0.2, -0.15) is 0 Å². The van der Waals surface area contributed by atoms with Crippen LogP contribution in [-0.2, 0) is 19.1 Å². The molecule has 156 valence electrons. The number of urea groups is 1. The van der Waals surface area contributed by atoms with Crippen molar-refractivity contribution in [2.75, 3.05) is 78.7 Å². The maximum Gasteiger partial charge on any atom is 0.337 e. The third-order valence-electron chi connectivity index (χ3n) is 5.15. The zero-order chi connectivity index (χ0) is 19.9. The minimum absolute atomic E-state index is 0.142. The van der Waals surface area contributed by atoms with Gasteiger partial charge in [0.15, 0.2) is 0 Å². The van der Waals surface area contributed by atoms with Gasteiger partial charge in [0, 0.05) is 51.5 Å². The van der Waals surface area contributed by atoms with E-state index < -0.39 is 5.97 Å². The molecule has 0 aliphatic carbocycles. The largest absolute Gasteiger partial charge is 0.463 e. The Hall–Kier alpha value is -2.17. The molecule has 0 aromatic rings. The van der Waals surface area contributed by atoms with E-state index >= 15 is 0 Å². The standard InChI is InChI=1S/C18H29N5O5/c1-2-28-17(25)14-11-19-18(26)20-15(14)12-21-3-5-23(6-4-21)16(24)13-22-7-9-27-10-8-22/h2-13H2,1H3,(H2,19,20,26). The molecule has 2 saturated heterocycles. The average Bonchev–Trinajstić information content (AvgIpc) is 2.69. The molecular weight excluding hydrogens is 366 g/mol. The van der Waals surface area contributed by atoms with Gasteiger partial charge in [0.1, 0.15) is 0 Å². The summed E-state index contributed by atoms with van der Waals surface area (Å²) in [6, 6.07) is -0.317. The summed E-state index contributed by atoms with van der Waals surface area (Å²) in [7, 11) is 0. The molecule has 3 heterocycles. The first-order valence-electron chi connectivity index (χ1n) is 9.81. The van der Waals surface area contributed by atoms with Crippen LogP contribution in [0.4, 0.5) is 4.79 Å². The van der Waals surface area contributed by atoms with Crippen LogP contribution >= 0.6 is 0 Å². The van der Waals surface area contributed by atoms with Crippen LogP contribution < -0.4 is 10.6 Å². The highest BCUT2D eigenvalue weighted by atomic mass is 16.5. The van der Waals surface area contributed by atoms with Gasteiger partial charge in [0.2, 0.25) is 5.91 Å². The monoisotopic (exact) mass is 395 g/mol. The van der Waals surface area contributed by atoms with Gasteiger partial charge in [-0.1, -0.05) is 0 Å². The van der Waals surface area contributed by atoms with E-state index in [1.807, 2.05) is 4.90 Å². The van der Waals surface area contributed by atoms with Crippen LogP contribution in [0.15, 0.2) is 11.3 Å². The number of amides is 3. The molecule has 3 rings (SSSR count). The van der Waals surface area contributed by atoms with Crippen LogP contribution in [0, 0.1) is 0 Å². The highest BCUT2D eigenvalue weighted by Crippen LogP contribution is 2.12. The first-order valence-corrected chi connectivity index (χ1v) is 9.81. The highest BCUT2D eigenvalue weighted by molar-refractivity contribution is 5.93. The molecular formula is C18H29N5O5. The molecule has 0 radical (unpaired) electrons. The molecule has 0 unspecified atom stereocenters. The number of esters is 1. The summed E-state index contributed by atoms with van der Waals surface area (Å²) < 4.78 is 10.4. The lowest BCUT2D eigenvalue weighted by Gasteiger charge is -2.37. The number of carbonyl (C=O) groups is 3. The number of morpholine rings is 1. The number of nitrogens with one attached hydrogen (secondary N) is 2. The molecule has 0 aromatic heterocycles. The van der Waals surface area contributed by atoms with Gasteiger partial charge in [0.25, 0.3) is 0 Å². The first-order chi connectivity index (χ1) is 13.6. The zero-order valence-electron chi connectivity index (χ0n) is 16.4. The van der Waals surface area contributed by atoms with E-state index in [0.29, 0.717) is 63.8 Å². The van der Waals surface area contributed by atoms with Crippen LogP contribution in [0.1, 0.15) is 6.92 Å². The van der Waals surface area contributed by atoms with Gasteiger partial charge in [0.05, 0.1) is 38.5 Å². The number of nitrogens with zero attached hydrogens (tertiary/aromatic N) is 3. The summed E-state index contributed by atoms with van der Waals surface area (Å²) in [6.07, 6.45) is 0. The Morgan fingerprint density at radius 3 is 2.46 bits per heavy atom. The predicted octanol–water partition coefficient (Wildman–Crippen LogP) is -1.41. The van der Waals surface area contributed by atoms with Crippen LogP contribution in [0.2, 0.25) is 0 Å². The Balaban J connectivity index is 1.51. The third-order valence-corrected chi connectivity index (χ3v) is 5.15. The second-order valence-electron chi connectivity index (χ2n) is 7.03. The van der Waals surface area contributed by atoms with Crippen LogP contribution in [0.25, 0.3) is 0 Å². The molecule has 3 aliphatic heterocycles. The van der Waals surface area contributed by atoms with E-state index in [2.05, 4.69) is 20.4 Å². The molecule has 0 bridgehead atoms. The van der Waals surface area contributed by atoms with Crippen molar-refractivity contribution in [3.8, 4) is 0 Å². The van der Waals surface area contributed by atoms with E-state index in [0.717, 1.165) is 13.1 Å². The van der Waals surface area contributed by atoms with Gasteiger partial charge in [-0.15, -0.1) is 0 Å². The first kappa shape index (κ1) is 20.6. The van der Waals surface area contributed by atoms with E-state index in [4.69, 9.17) is 9.47 Å². The smallest absolute Gasteiger partial charge is 0.337 e. The Kier molecular flexibility index (Phi) is 7.24. The second kappa shape index (κ2) is 9.85. The number of ether oxygens (including phenoxy) is 2. The van der Waals surface area contributed by atoms with Gasteiger partial charge >= 0.3 is 12.0 Å². The Morgan fingerprint density at radius 1 is 1.07 bits per heavy atom. The summed E-state index contributed by atoms with van der Waals surface area (Å²) in [6.45, 7) is 8.69. The number of hydrogen-bond donors (Lipinski definition) is 2. The third kappa shape index (κ3) is 5.43. The lowest BCUT2D eigenvalue weighted by Crippen LogP contribution is -2.54. The summed E-state index contributed by atoms with van der Waals surface area (Å²) in [4.78, 5) is 42.5. The van der Waals surface area contributed by atoms with Crippen molar-refractivity contribution in [1.82, 2.24) is 25.3 Å². The maximum absolute atomic E-state index is 12.5. The SMILES string of the molecule is CCOC(=O)C1=C(CN2CCN(C(=O)CN3CCOCC3)CC2)NC(=O)NC1. The molecule has 10 nitrogen and oxygen atoms in total. The molecule has 2 fully saturated rings. The fourth-order valence-electron chi connectivity index (χ4n) is 3.51. The van der Waals surface area contributed by atoms with Crippen molar-refractivity contribution in [2.45, 2.75) is 6.92 Å². The zero-order valence-corrected chi connectivity index (χ0v) is 16.4. The second-order valence-corrected chi connectivity index (χ2v) is 7.03. The van der Waals surface area contributed by atoms with Gasteiger partial charge in [-0.05, 0) is 6.92 Å². The van der Waals surface area contributed by atoms with E-state index in [9.17, 15) is 14.4 Å². The molecule has 0 saturated carbocycles. The topological polar surface area (TPSA) is 103 Å². The van der Waals surface area contributed by atoms with Gasteiger partial charge < -0.3 is 25.0 Å². The quantitative estimate of drug-likeness (QED) is 0.533. The summed E-state index contributed by atoms with van der Waals surface area (Å²) in [5.74, 6) is -0.271. The van der Waals surface area contributed by atoms with Crippen LogP contribution in [0.5, 0.6) is 0 Å². The van der Waals surface area contributed by atoms with Crippen molar-refractivity contribution >= 4 is 17.9 Å².